The highest BCUT2D eigenvalue weighted by molar-refractivity contribution is 8.13. The standard InChI is InChI=1S/C20H27BO5S/c1-14(22)27-13-17(21-25-19(2,3)20(4,5)26-21)11-15-9-7-8-10-16(15)12-18(23)24-6/h7-11H,12-13H2,1-6H3. The van der Waals surface area contributed by atoms with Crippen molar-refractivity contribution in [2.24, 2.45) is 0 Å². The molecule has 0 amide bonds. The number of benzene rings is 1. The van der Waals surface area contributed by atoms with Gasteiger partial charge in [-0.05, 0) is 44.3 Å². The quantitative estimate of drug-likeness (QED) is 0.545. The number of rotatable bonds is 6. The summed E-state index contributed by atoms with van der Waals surface area (Å²) in [5.74, 6) is 0.157. The number of hydrogen-bond acceptors (Lipinski definition) is 6. The van der Waals surface area contributed by atoms with E-state index in [1.54, 1.807) is 0 Å². The summed E-state index contributed by atoms with van der Waals surface area (Å²) in [5, 5.41) is 0.0280. The van der Waals surface area contributed by atoms with Gasteiger partial charge in [0.25, 0.3) is 0 Å². The highest BCUT2D eigenvalue weighted by Crippen LogP contribution is 2.39. The van der Waals surface area contributed by atoms with Gasteiger partial charge in [0.05, 0.1) is 24.7 Å². The molecule has 1 heterocycles. The maximum absolute atomic E-state index is 11.7. The van der Waals surface area contributed by atoms with Crippen LogP contribution in [0, 0.1) is 0 Å². The van der Waals surface area contributed by atoms with Crippen LogP contribution in [0.15, 0.2) is 29.7 Å². The molecule has 1 aliphatic heterocycles. The zero-order chi connectivity index (χ0) is 20.2. The van der Waals surface area contributed by atoms with Crippen molar-refractivity contribution < 1.29 is 23.6 Å². The first kappa shape index (κ1) is 21.7. The first-order chi connectivity index (χ1) is 12.6. The van der Waals surface area contributed by atoms with Gasteiger partial charge < -0.3 is 14.0 Å². The molecule has 0 aliphatic carbocycles. The number of methoxy groups -OCH3 is 1. The Kier molecular flexibility index (Phi) is 6.95. The van der Waals surface area contributed by atoms with Crippen LogP contribution in [-0.2, 0) is 30.1 Å². The lowest BCUT2D eigenvalue weighted by molar-refractivity contribution is -0.139. The van der Waals surface area contributed by atoms with Crippen LogP contribution in [0.1, 0.15) is 45.7 Å². The number of esters is 1. The molecule has 0 N–H and O–H groups in total. The van der Waals surface area contributed by atoms with Gasteiger partial charge in [0.1, 0.15) is 0 Å². The summed E-state index contributed by atoms with van der Waals surface area (Å²) in [4.78, 5) is 23.2. The molecule has 0 aromatic heterocycles. The van der Waals surface area contributed by atoms with Crippen LogP contribution >= 0.6 is 11.8 Å². The molecule has 0 saturated carbocycles. The molecule has 5 nitrogen and oxygen atoms in total. The Hall–Kier alpha value is -1.57. The Bertz CT molecular complexity index is 726. The fourth-order valence-electron chi connectivity index (χ4n) is 2.62. The maximum Gasteiger partial charge on any atom is 0.491 e. The summed E-state index contributed by atoms with van der Waals surface area (Å²) in [6, 6.07) is 7.62. The Morgan fingerprint density at radius 2 is 1.74 bits per heavy atom. The largest absolute Gasteiger partial charge is 0.491 e. The second-order valence-corrected chi connectivity index (χ2v) is 8.69. The lowest BCUT2D eigenvalue weighted by atomic mass is 9.78. The summed E-state index contributed by atoms with van der Waals surface area (Å²) in [7, 11) is 0.827. The summed E-state index contributed by atoms with van der Waals surface area (Å²) in [5.41, 5.74) is 1.65. The van der Waals surface area contributed by atoms with E-state index in [0.717, 1.165) is 16.6 Å². The summed E-state index contributed by atoms with van der Waals surface area (Å²) in [6.45, 7) is 9.52. The highest BCUT2D eigenvalue weighted by atomic mass is 32.2. The number of hydrogen-bond donors (Lipinski definition) is 0. The van der Waals surface area contributed by atoms with E-state index in [1.165, 1.54) is 25.8 Å². The van der Waals surface area contributed by atoms with Crippen LogP contribution in [-0.4, -0.2) is 42.3 Å². The molecule has 0 radical (unpaired) electrons. The molecular weight excluding hydrogens is 363 g/mol. The molecule has 1 aromatic rings. The molecule has 0 atom stereocenters. The first-order valence-corrected chi connectivity index (χ1v) is 9.88. The molecule has 1 fully saturated rings. The molecule has 0 spiro atoms. The lowest BCUT2D eigenvalue weighted by Gasteiger charge is -2.32. The van der Waals surface area contributed by atoms with Gasteiger partial charge in [-0.3, -0.25) is 9.59 Å². The highest BCUT2D eigenvalue weighted by Gasteiger charge is 2.52. The van der Waals surface area contributed by atoms with Crippen molar-refractivity contribution in [3.05, 3.63) is 40.9 Å². The zero-order valence-corrected chi connectivity index (χ0v) is 17.6. The van der Waals surface area contributed by atoms with Crippen molar-refractivity contribution in [1.82, 2.24) is 0 Å². The second kappa shape index (κ2) is 8.63. The van der Waals surface area contributed by atoms with Crippen molar-refractivity contribution in [2.75, 3.05) is 12.9 Å². The van der Waals surface area contributed by atoms with Crippen LogP contribution in [0.25, 0.3) is 6.08 Å². The van der Waals surface area contributed by atoms with Gasteiger partial charge in [-0.2, -0.15) is 0 Å². The average molecular weight is 390 g/mol. The van der Waals surface area contributed by atoms with Crippen LogP contribution in [0.2, 0.25) is 0 Å². The van der Waals surface area contributed by atoms with Crippen molar-refractivity contribution in [2.45, 2.75) is 52.2 Å². The molecule has 1 aliphatic rings. The van der Waals surface area contributed by atoms with Crippen LogP contribution in [0.5, 0.6) is 0 Å². The van der Waals surface area contributed by atoms with Crippen LogP contribution in [0.4, 0.5) is 0 Å². The minimum absolute atomic E-state index is 0.0280. The number of thioether (sulfide) groups is 1. The van der Waals surface area contributed by atoms with Gasteiger partial charge >= 0.3 is 13.1 Å². The van der Waals surface area contributed by atoms with E-state index in [9.17, 15) is 9.59 Å². The van der Waals surface area contributed by atoms with Crippen LogP contribution in [0.3, 0.4) is 0 Å². The van der Waals surface area contributed by atoms with Gasteiger partial charge in [0.15, 0.2) is 5.12 Å². The SMILES string of the molecule is COC(=O)Cc1ccccc1C=C(CSC(C)=O)B1OC(C)(C)C(C)(C)O1. The summed E-state index contributed by atoms with van der Waals surface area (Å²) in [6.07, 6.45) is 2.13. The van der Waals surface area contributed by atoms with E-state index in [4.69, 9.17) is 14.0 Å². The normalized spacial score (nSPS) is 18.4. The Labute approximate surface area is 166 Å². The number of carbonyl (C=O) groups is 2. The lowest BCUT2D eigenvalue weighted by Crippen LogP contribution is -2.41. The Morgan fingerprint density at radius 1 is 1.15 bits per heavy atom. The van der Waals surface area contributed by atoms with E-state index in [-0.39, 0.29) is 17.5 Å². The van der Waals surface area contributed by atoms with Gasteiger partial charge in [-0.1, -0.05) is 42.1 Å². The van der Waals surface area contributed by atoms with E-state index < -0.39 is 18.3 Å². The molecular formula is C20H27BO5S. The fourth-order valence-corrected chi connectivity index (χ4v) is 3.21. The third kappa shape index (κ3) is 5.47. The topological polar surface area (TPSA) is 61.8 Å². The minimum Gasteiger partial charge on any atom is -0.469 e. The molecule has 1 aromatic carbocycles. The second-order valence-electron chi connectivity index (χ2n) is 7.54. The molecule has 0 unspecified atom stereocenters. The number of carbonyl (C=O) groups excluding carboxylic acids is 2. The van der Waals surface area contributed by atoms with Crippen molar-refractivity contribution in [1.29, 1.82) is 0 Å². The summed E-state index contributed by atoms with van der Waals surface area (Å²) >= 11 is 1.21. The summed E-state index contributed by atoms with van der Waals surface area (Å²) < 4.78 is 17.1. The maximum atomic E-state index is 11.7. The third-order valence-corrected chi connectivity index (χ3v) is 5.84. The van der Waals surface area contributed by atoms with E-state index >= 15 is 0 Å². The molecule has 146 valence electrons. The van der Waals surface area contributed by atoms with Crippen LogP contribution < -0.4 is 0 Å². The minimum atomic E-state index is -0.548. The van der Waals surface area contributed by atoms with Gasteiger partial charge in [-0.25, -0.2) is 0 Å². The van der Waals surface area contributed by atoms with E-state index in [1.807, 2.05) is 58.0 Å². The third-order valence-electron chi connectivity index (χ3n) is 4.96. The smallest absolute Gasteiger partial charge is 0.469 e. The molecule has 0 bridgehead atoms. The van der Waals surface area contributed by atoms with Gasteiger partial charge in [0, 0.05) is 12.7 Å². The number of ether oxygens (including phenoxy) is 1. The Balaban J connectivity index is 2.38. The average Bonchev–Trinajstić information content (AvgIpc) is 2.80. The molecule has 2 rings (SSSR count). The molecule has 1 saturated heterocycles. The predicted molar refractivity (Wildman–Crippen MR) is 109 cm³/mol. The molecule has 27 heavy (non-hydrogen) atoms. The molecule has 7 heteroatoms. The zero-order valence-electron chi connectivity index (χ0n) is 16.8. The first-order valence-electron chi connectivity index (χ1n) is 8.90. The van der Waals surface area contributed by atoms with Crippen molar-refractivity contribution >= 4 is 36.0 Å². The Morgan fingerprint density at radius 3 is 2.30 bits per heavy atom. The van der Waals surface area contributed by atoms with Crippen molar-refractivity contribution in [3.63, 3.8) is 0 Å². The monoisotopic (exact) mass is 390 g/mol. The van der Waals surface area contributed by atoms with Gasteiger partial charge in [-0.15, -0.1) is 0 Å². The fraction of sp³-hybridized carbons (Fsp3) is 0.500. The van der Waals surface area contributed by atoms with Gasteiger partial charge in [0.2, 0.25) is 0 Å². The predicted octanol–water partition coefficient (Wildman–Crippen LogP) is 3.70. The van der Waals surface area contributed by atoms with E-state index in [0.29, 0.717) is 5.75 Å². The van der Waals surface area contributed by atoms with E-state index in [2.05, 4.69) is 0 Å². The van der Waals surface area contributed by atoms with Crippen molar-refractivity contribution in [3.8, 4) is 0 Å².